The zero-order valence-corrected chi connectivity index (χ0v) is 15.6. The molecule has 3 rings (SSSR count). The lowest BCUT2D eigenvalue weighted by molar-refractivity contribution is 0.432. The van der Waals surface area contributed by atoms with Crippen molar-refractivity contribution in [2.24, 2.45) is 5.10 Å². The van der Waals surface area contributed by atoms with Crippen LogP contribution in [0.15, 0.2) is 70.6 Å². The standard InChI is InChI=1S/C18H15N5O2S2/c24-15-14(11-19-22-17(26)20-12-7-3-1-4-8-12)16(25)23(18(27)21-15)13-9-5-2-6-10-13/h1-11,25H,(H2,20,22,26)(H,21,24,27). The van der Waals surface area contributed by atoms with E-state index in [9.17, 15) is 9.90 Å². The van der Waals surface area contributed by atoms with E-state index in [1.54, 1.807) is 24.3 Å². The third-order valence-electron chi connectivity index (χ3n) is 3.53. The van der Waals surface area contributed by atoms with Crippen LogP contribution in [-0.4, -0.2) is 26.0 Å². The molecule has 7 nitrogen and oxygen atoms in total. The molecule has 0 bridgehead atoms. The predicted molar refractivity (Wildman–Crippen MR) is 112 cm³/mol. The highest BCUT2D eigenvalue weighted by molar-refractivity contribution is 7.80. The van der Waals surface area contributed by atoms with Gasteiger partial charge in [-0.3, -0.25) is 19.8 Å². The number of thiocarbonyl (C=S) groups is 1. The molecular formula is C18H15N5O2S2. The molecule has 27 heavy (non-hydrogen) atoms. The van der Waals surface area contributed by atoms with Gasteiger partial charge in [-0.2, -0.15) is 5.10 Å². The highest BCUT2D eigenvalue weighted by Crippen LogP contribution is 2.18. The summed E-state index contributed by atoms with van der Waals surface area (Å²) < 4.78 is 1.42. The van der Waals surface area contributed by atoms with Crippen molar-refractivity contribution in [2.45, 2.75) is 0 Å². The topological polar surface area (TPSA) is 94.4 Å². The van der Waals surface area contributed by atoms with E-state index in [0.29, 0.717) is 5.69 Å². The fourth-order valence-electron chi connectivity index (χ4n) is 2.31. The Bertz CT molecular complexity index is 1090. The van der Waals surface area contributed by atoms with E-state index in [1.165, 1.54) is 10.8 Å². The fourth-order valence-corrected chi connectivity index (χ4v) is 2.76. The van der Waals surface area contributed by atoms with Gasteiger partial charge in [0.1, 0.15) is 5.56 Å². The maximum absolute atomic E-state index is 12.1. The van der Waals surface area contributed by atoms with Crippen LogP contribution in [0.3, 0.4) is 0 Å². The number of nitrogens with one attached hydrogen (secondary N) is 3. The summed E-state index contributed by atoms with van der Waals surface area (Å²) in [6, 6.07) is 18.3. The van der Waals surface area contributed by atoms with Crippen molar-refractivity contribution >= 4 is 41.5 Å². The molecule has 1 heterocycles. The number of aromatic nitrogens is 2. The molecule has 0 aliphatic heterocycles. The summed E-state index contributed by atoms with van der Waals surface area (Å²) in [6.07, 6.45) is 1.18. The van der Waals surface area contributed by atoms with Gasteiger partial charge in [-0.1, -0.05) is 36.4 Å². The smallest absolute Gasteiger partial charge is 0.264 e. The van der Waals surface area contributed by atoms with Crippen LogP contribution in [0.5, 0.6) is 5.88 Å². The molecule has 0 atom stereocenters. The molecule has 0 aliphatic carbocycles. The Labute approximate surface area is 165 Å². The lowest BCUT2D eigenvalue weighted by Gasteiger charge is -2.11. The molecule has 136 valence electrons. The number of hydrogen-bond donors (Lipinski definition) is 4. The van der Waals surface area contributed by atoms with Crippen LogP contribution < -0.4 is 16.3 Å². The van der Waals surface area contributed by atoms with E-state index < -0.39 is 5.56 Å². The maximum atomic E-state index is 12.1. The lowest BCUT2D eigenvalue weighted by Crippen LogP contribution is -2.25. The van der Waals surface area contributed by atoms with Crippen LogP contribution in [0, 0.1) is 4.77 Å². The molecule has 0 fully saturated rings. The number of anilines is 1. The van der Waals surface area contributed by atoms with Gasteiger partial charge >= 0.3 is 0 Å². The Morgan fingerprint density at radius 2 is 1.74 bits per heavy atom. The average molecular weight is 397 g/mol. The molecule has 0 unspecified atom stereocenters. The van der Waals surface area contributed by atoms with E-state index in [0.717, 1.165) is 5.69 Å². The number of nitrogens with zero attached hydrogens (tertiary/aromatic N) is 2. The van der Waals surface area contributed by atoms with Gasteiger partial charge in [0.2, 0.25) is 5.88 Å². The van der Waals surface area contributed by atoms with E-state index in [-0.39, 0.29) is 21.3 Å². The zero-order chi connectivity index (χ0) is 19.2. The van der Waals surface area contributed by atoms with E-state index >= 15 is 0 Å². The molecular weight excluding hydrogens is 382 g/mol. The first kappa shape index (κ1) is 18.5. The molecule has 0 saturated heterocycles. The Hall–Kier alpha value is -3.30. The first-order valence-corrected chi connectivity index (χ1v) is 8.67. The summed E-state index contributed by atoms with van der Waals surface area (Å²) >= 11 is 10.3. The largest absolute Gasteiger partial charge is 0.494 e. The predicted octanol–water partition coefficient (Wildman–Crippen LogP) is 2.92. The quantitative estimate of drug-likeness (QED) is 0.307. The van der Waals surface area contributed by atoms with Crippen LogP contribution in [0.4, 0.5) is 5.69 Å². The van der Waals surface area contributed by atoms with Gasteiger partial charge < -0.3 is 10.4 Å². The Kier molecular flexibility index (Phi) is 5.74. The summed E-state index contributed by atoms with van der Waals surface area (Å²) in [7, 11) is 0. The number of rotatable bonds is 4. The van der Waals surface area contributed by atoms with Crippen molar-refractivity contribution < 1.29 is 5.11 Å². The van der Waals surface area contributed by atoms with Crippen molar-refractivity contribution in [3.05, 3.63) is 81.4 Å². The van der Waals surface area contributed by atoms with Crippen molar-refractivity contribution in [3.63, 3.8) is 0 Å². The molecule has 0 aliphatic rings. The van der Waals surface area contributed by atoms with E-state index in [2.05, 4.69) is 20.8 Å². The minimum Gasteiger partial charge on any atom is -0.494 e. The number of aromatic amines is 1. The normalized spacial score (nSPS) is 10.7. The first-order chi connectivity index (χ1) is 13.1. The third-order valence-corrected chi connectivity index (χ3v) is 4.00. The molecule has 2 aromatic carbocycles. The number of benzene rings is 2. The first-order valence-electron chi connectivity index (χ1n) is 7.85. The van der Waals surface area contributed by atoms with Crippen LogP contribution in [0.25, 0.3) is 5.69 Å². The average Bonchev–Trinajstić information content (AvgIpc) is 2.66. The van der Waals surface area contributed by atoms with Crippen LogP contribution in [0.2, 0.25) is 0 Å². The second-order valence-electron chi connectivity index (χ2n) is 5.36. The highest BCUT2D eigenvalue weighted by atomic mass is 32.1. The van der Waals surface area contributed by atoms with Crippen molar-refractivity contribution in [2.75, 3.05) is 5.32 Å². The van der Waals surface area contributed by atoms with Crippen molar-refractivity contribution in [1.82, 2.24) is 15.0 Å². The highest BCUT2D eigenvalue weighted by Gasteiger charge is 2.12. The van der Waals surface area contributed by atoms with Crippen LogP contribution in [0.1, 0.15) is 5.56 Å². The number of aromatic hydroxyl groups is 1. The SMILES string of the molecule is O=c1[nH]c(=S)n(-c2ccccc2)c(O)c1C=NNC(=S)Nc1ccccc1. The van der Waals surface area contributed by atoms with Gasteiger partial charge in [0.25, 0.3) is 5.56 Å². The van der Waals surface area contributed by atoms with Gasteiger partial charge in [-0.25, -0.2) is 0 Å². The van der Waals surface area contributed by atoms with Gasteiger partial charge in [0, 0.05) is 5.69 Å². The molecule has 1 aromatic heterocycles. The van der Waals surface area contributed by atoms with Gasteiger partial charge in [0.05, 0.1) is 11.9 Å². The Balaban J connectivity index is 1.82. The van der Waals surface area contributed by atoms with Crippen molar-refractivity contribution in [3.8, 4) is 11.6 Å². The molecule has 9 heteroatoms. The third kappa shape index (κ3) is 4.46. The number of para-hydroxylation sites is 2. The minimum atomic E-state index is -0.558. The summed E-state index contributed by atoms with van der Waals surface area (Å²) in [4.78, 5) is 14.7. The monoisotopic (exact) mass is 397 g/mol. The summed E-state index contributed by atoms with van der Waals surface area (Å²) in [6.45, 7) is 0. The second kappa shape index (κ2) is 8.39. The molecule has 0 radical (unpaired) electrons. The van der Waals surface area contributed by atoms with Gasteiger partial charge in [-0.05, 0) is 48.7 Å². The number of hydrogen-bond acceptors (Lipinski definition) is 5. The lowest BCUT2D eigenvalue weighted by atomic mass is 10.3. The maximum Gasteiger partial charge on any atom is 0.264 e. The molecule has 0 saturated carbocycles. The molecule has 0 amide bonds. The van der Waals surface area contributed by atoms with Crippen molar-refractivity contribution in [1.29, 1.82) is 0 Å². The van der Waals surface area contributed by atoms with E-state index in [1.807, 2.05) is 36.4 Å². The van der Waals surface area contributed by atoms with Crippen LogP contribution in [-0.2, 0) is 0 Å². The number of H-pyrrole nitrogens is 1. The molecule has 0 spiro atoms. The zero-order valence-electron chi connectivity index (χ0n) is 13.9. The Morgan fingerprint density at radius 1 is 1.11 bits per heavy atom. The fraction of sp³-hybridized carbons (Fsp3) is 0. The van der Waals surface area contributed by atoms with E-state index in [4.69, 9.17) is 24.4 Å². The Morgan fingerprint density at radius 3 is 2.41 bits per heavy atom. The summed E-state index contributed by atoms with van der Waals surface area (Å²) in [5.41, 5.74) is 3.39. The van der Waals surface area contributed by atoms with Crippen LogP contribution >= 0.6 is 24.4 Å². The number of hydrazone groups is 1. The molecule has 3 aromatic rings. The second-order valence-corrected chi connectivity index (χ2v) is 6.15. The summed E-state index contributed by atoms with van der Waals surface area (Å²) in [5, 5.41) is 17.6. The summed E-state index contributed by atoms with van der Waals surface area (Å²) in [5.74, 6) is -0.317. The molecule has 4 N–H and O–H groups in total. The van der Waals surface area contributed by atoms with Gasteiger partial charge in [-0.15, -0.1) is 0 Å². The van der Waals surface area contributed by atoms with Gasteiger partial charge in [0.15, 0.2) is 9.88 Å². The minimum absolute atomic E-state index is 0.0533.